The first-order chi connectivity index (χ1) is 11.9. The minimum Gasteiger partial charge on any atom is -0.508 e. The maximum absolute atomic E-state index is 12.1. The Morgan fingerprint density at radius 2 is 1.40 bits per heavy atom. The van der Waals surface area contributed by atoms with Gasteiger partial charge in [0.05, 0.1) is 0 Å². The van der Waals surface area contributed by atoms with E-state index < -0.39 is 6.61 Å². The van der Waals surface area contributed by atoms with Crippen LogP contribution in [0.1, 0.15) is 48.6 Å². The molecule has 2 nitrogen and oxygen atoms in total. The standard InChI is InChI=1S/C10H9BrF2O.C9H9BrO/c11-7-3-4-9(14-10(12)13)8(5-7)6-1-2-6;10-7-3-4-9(11)8(5-7)6-1-2-6/h3-6,10H,1-2H2;3-6,11H,1-2H2. The molecule has 0 radical (unpaired) electrons. The quantitative estimate of drug-likeness (QED) is 0.517. The SMILES string of the molecule is FC(F)Oc1ccc(Br)cc1C1CC1.Oc1ccc(Br)cc1C1CC1. The number of halogens is 4. The van der Waals surface area contributed by atoms with Crippen molar-refractivity contribution in [2.45, 2.75) is 44.1 Å². The van der Waals surface area contributed by atoms with E-state index in [2.05, 4.69) is 36.6 Å². The van der Waals surface area contributed by atoms with E-state index >= 15 is 0 Å². The van der Waals surface area contributed by atoms with Crippen LogP contribution in [0.25, 0.3) is 0 Å². The Kier molecular flexibility index (Phi) is 6.00. The summed E-state index contributed by atoms with van der Waals surface area (Å²) < 4.78 is 30.5. The third kappa shape index (κ3) is 5.42. The fourth-order valence-electron chi connectivity index (χ4n) is 2.68. The maximum Gasteiger partial charge on any atom is 0.387 e. The summed E-state index contributed by atoms with van der Waals surface area (Å²) in [5, 5.41) is 9.42. The molecule has 0 saturated heterocycles. The van der Waals surface area contributed by atoms with Gasteiger partial charge >= 0.3 is 6.61 Å². The minimum absolute atomic E-state index is 0.311. The Bertz CT molecular complexity index is 744. The van der Waals surface area contributed by atoms with Gasteiger partial charge in [0.25, 0.3) is 0 Å². The third-order valence-corrected chi connectivity index (χ3v) is 5.20. The molecule has 2 aliphatic carbocycles. The van der Waals surface area contributed by atoms with E-state index in [4.69, 9.17) is 0 Å². The van der Waals surface area contributed by atoms with Crippen LogP contribution in [0.2, 0.25) is 0 Å². The molecule has 25 heavy (non-hydrogen) atoms. The lowest BCUT2D eigenvalue weighted by molar-refractivity contribution is -0.0504. The van der Waals surface area contributed by atoms with Gasteiger partial charge in [0.15, 0.2) is 0 Å². The third-order valence-electron chi connectivity index (χ3n) is 4.21. The van der Waals surface area contributed by atoms with E-state index in [1.165, 1.54) is 12.8 Å². The van der Waals surface area contributed by atoms with Crippen LogP contribution in [0.15, 0.2) is 45.3 Å². The molecule has 2 fully saturated rings. The molecule has 2 aromatic carbocycles. The largest absolute Gasteiger partial charge is 0.508 e. The lowest BCUT2D eigenvalue weighted by Gasteiger charge is -2.10. The summed E-state index contributed by atoms with van der Waals surface area (Å²) in [6.07, 6.45) is 4.58. The molecule has 0 spiro atoms. The molecular formula is C19H18Br2F2O2. The summed E-state index contributed by atoms with van der Waals surface area (Å²) in [5.74, 6) is 1.77. The van der Waals surface area contributed by atoms with Crippen LogP contribution >= 0.6 is 31.9 Å². The van der Waals surface area contributed by atoms with E-state index in [0.29, 0.717) is 23.3 Å². The number of rotatable bonds is 4. The second-order valence-corrected chi connectivity index (χ2v) is 8.14. The van der Waals surface area contributed by atoms with Gasteiger partial charge < -0.3 is 9.84 Å². The lowest BCUT2D eigenvalue weighted by atomic mass is 10.1. The van der Waals surface area contributed by atoms with Gasteiger partial charge in [0.1, 0.15) is 11.5 Å². The highest BCUT2D eigenvalue weighted by molar-refractivity contribution is 9.10. The zero-order valence-electron chi connectivity index (χ0n) is 13.4. The monoisotopic (exact) mass is 474 g/mol. The first-order valence-corrected chi connectivity index (χ1v) is 9.75. The summed E-state index contributed by atoms with van der Waals surface area (Å²) >= 11 is 6.70. The average Bonchev–Trinajstić information content (AvgIpc) is 3.45. The first-order valence-electron chi connectivity index (χ1n) is 8.16. The Balaban J connectivity index is 0.000000150. The molecular weight excluding hydrogens is 458 g/mol. The first kappa shape index (κ1) is 18.6. The van der Waals surface area contributed by atoms with Crippen molar-refractivity contribution < 1.29 is 18.6 Å². The Morgan fingerprint density at radius 3 is 1.96 bits per heavy atom. The molecule has 0 bridgehead atoms. The number of benzene rings is 2. The van der Waals surface area contributed by atoms with Gasteiger partial charge in [-0.25, -0.2) is 0 Å². The topological polar surface area (TPSA) is 29.5 Å². The van der Waals surface area contributed by atoms with Gasteiger partial charge in [-0.05, 0) is 85.0 Å². The zero-order valence-corrected chi connectivity index (χ0v) is 16.6. The van der Waals surface area contributed by atoms with E-state index in [1.54, 1.807) is 18.2 Å². The number of phenols is 1. The molecule has 0 heterocycles. The zero-order chi connectivity index (χ0) is 18.0. The molecule has 1 N–H and O–H groups in total. The van der Waals surface area contributed by atoms with Crippen molar-refractivity contribution in [3.8, 4) is 11.5 Å². The number of alkyl halides is 2. The van der Waals surface area contributed by atoms with Gasteiger partial charge in [0, 0.05) is 8.95 Å². The predicted octanol–water partition coefficient (Wildman–Crippen LogP) is 6.96. The van der Waals surface area contributed by atoms with Crippen LogP contribution < -0.4 is 4.74 Å². The number of phenolic OH excluding ortho intramolecular Hbond substituents is 1. The molecule has 134 valence electrons. The number of aromatic hydroxyl groups is 1. The fraction of sp³-hybridized carbons (Fsp3) is 0.368. The van der Waals surface area contributed by atoms with Crippen molar-refractivity contribution in [3.05, 3.63) is 56.5 Å². The Morgan fingerprint density at radius 1 is 0.880 bits per heavy atom. The lowest BCUT2D eigenvalue weighted by Crippen LogP contribution is -2.03. The highest BCUT2D eigenvalue weighted by atomic mass is 79.9. The van der Waals surface area contributed by atoms with E-state index in [1.807, 2.05) is 18.2 Å². The number of ether oxygens (including phenoxy) is 1. The van der Waals surface area contributed by atoms with Crippen molar-refractivity contribution in [1.29, 1.82) is 0 Å². The molecule has 2 aromatic rings. The van der Waals surface area contributed by atoms with E-state index in [-0.39, 0.29) is 0 Å². The summed E-state index contributed by atoms with van der Waals surface area (Å²) in [5.41, 5.74) is 1.99. The summed E-state index contributed by atoms with van der Waals surface area (Å²) in [6, 6.07) is 10.8. The van der Waals surface area contributed by atoms with E-state index in [9.17, 15) is 13.9 Å². The fourth-order valence-corrected chi connectivity index (χ4v) is 3.44. The van der Waals surface area contributed by atoms with E-state index in [0.717, 1.165) is 32.9 Å². The molecule has 0 atom stereocenters. The van der Waals surface area contributed by atoms with Crippen molar-refractivity contribution in [3.63, 3.8) is 0 Å². The molecule has 6 heteroatoms. The Labute approximate surface area is 162 Å². The summed E-state index contributed by atoms with van der Waals surface area (Å²) in [4.78, 5) is 0. The van der Waals surface area contributed by atoms with Crippen LogP contribution in [0.5, 0.6) is 11.5 Å². The predicted molar refractivity (Wildman–Crippen MR) is 101 cm³/mol. The molecule has 0 aromatic heterocycles. The second-order valence-electron chi connectivity index (χ2n) is 6.31. The highest BCUT2D eigenvalue weighted by Crippen LogP contribution is 2.46. The minimum atomic E-state index is -2.74. The van der Waals surface area contributed by atoms with Crippen molar-refractivity contribution in [1.82, 2.24) is 0 Å². The van der Waals surface area contributed by atoms with Gasteiger partial charge in [-0.15, -0.1) is 0 Å². The molecule has 4 rings (SSSR count). The van der Waals surface area contributed by atoms with Crippen LogP contribution in [0.3, 0.4) is 0 Å². The number of hydrogen-bond donors (Lipinski definition) is 1. The van der Waals surface area contributed by atoms with Crippen molar-refractivity contribution >= 4 is 31.9 Å². The maximum atomic E-state index is 12.1. The molecule has 2 saturated carbocycles. The van der Waals surface area contributed by atoms with Crippen LogP contribution in [0, 0.1) is 0 Å². The van der Waals surface area contributed by atoms with Gasteiger partial charge in [0.2, 0.25) is 0 Å². The number of hydrogen-bond acceptors (Lipinski definition) is 2. The van der Waals surface area contributed by atoms with Crippen LogP contribution in [-0.4, -0.2) is 11.7 Å². The highest BCUT2D eigenvalue weighted by Gasteiger charge is 2.28. The van der Waals surface area contributed by atoms with Gasteiger partial charge in [-0.2, -0.15) is 8.78 Å². The normalized spacial score (nSPS) is 16.4. The smallest absolute Gasteiger partial charge is 0.387 e. The van der Waals surface area contributed by atoms with Gasteiger partial charge in [-0.3, -0.25) is 0 Å². The van der Waals surface area contributed by atoms with Crippen molar-refractivity contribution in [2.75, 3.05) is 0 Å². The second kappa shape index (κ2) is 8.04. The average molecular weight is 476 g/mol. The van der Waals surface area contributed by atoms with Crippen molar-refractivity contribution in [2.24, 2.45) is 0 Å². The van der Waals surface area contributed by atoms with Crippen LogP contribution in [0.4, 0.5) is 8.78 Å². The molecule has 0 aliphatic heterocycles. The van der Waals surface area contributed by atoms with Gasteiger partial charge in [-0.1, -0.05) is 31.9 Å². The van der Waals surface area contributed by atoms with Crippen LogP contribution in [-0.2, 0) is 0 Å². The molecule has 0 amide bonds. The summed E-state index contributed by atoms with van der Waals surface area (Å²) in [7, 11) is 0. The molecule has 2 aliphatic rings. The summed E-state index contributed by atoms with van der Waals surface area (Å²) in [6.45, 7) is -2.74. The Hall–Kier alpha value is -1.14. The molecule has 0 unspecified atom stereocenters.